The number of ether oxygens (including phenoxy) is 3. The Kier molecular flexibility index (Phi) is 5.60. The summed E-state index contributed by atoms with van der Waals surface area (Å²) in [5, 5.41) is 0. The summed E-state index contributed by atoms with van der Waals surface area (Å²) in [7, 11) is 0. The maximum atomic E-state index is 14.5. The number of anilines is 1. The van der Waals surface area contributed by atoms with Crippen LogP contribution >= 0.6 is 0 Å². The number of nitrogens with two attached hydrogens (primary N) is 1. The Balaban J connectivity index is 1.54. The van der Waals surface area contributed by atoms with Gasteiger partial charge in [0.2, 0.25) is 12.2 Å². The van der Waals surface area contributed by atoms with Gasteiger partial charge in [-0.1, -0.05) is 30.3 Å². The summed E-state index contributed by atoms with van der Waals surface area (Å²) in [6, 6.07) is 11.6. The van der Waals surface area contributed by atoms with E-state index in [1.165, 1.54) is 13.2 Å². The van der Waals surface area contributed by atoms with Gasteiger partial charge in [-0.05, 0) is 30.7 Å². The highest BCUT2D eigenvalue weighted by Gasteiger charge is 2.32. The van der Waals surface area contributed by atoms with Crippen molar-refractivity contribution in [2.45, 2.75) is 25.8 Å². The molecule has 6 nitrogen and oxygen atoms in total. The molecule has 32 heavy (non-hydrogen) atoms. The summed E-state index contributed by atoms with van der Waals surface area (Å²) in [6.45, 7) is 1.51. The molecule has 0 radical (unpaired) electrons. The maximum absolute atomic E-state index is 14.5. The van der Waals surface area contributed by atoms with E-state index in [9.17, 15) is 17.6 Å². The van der Waals surface area contributed by atoms with Crippen molar-refractivity contribution in [3.8, 4) is 17.1 Å². The molecule has 0 bridgehead atoms. The molecule has 1 unspecified atom stereocenters. The molecule has 2 heterocycles. The summed E-state index contributed by atoms with van der Waals surface area (Å²) in [4.78, 5) is 8.15. The van der Waals surface area contributed by atoms with Crippen LogP contribution in [0.4, 0.5) is 23.2 Å². The van der Waals surface area contributed by atoms with E-state index in [1.54, 1.807) is 0 Å². The molecule has 4 rings (SSSR count). The van der Waals surface area contributed by atoms with Gasteiger partial charge in [0.05, 0.1) is 5.56 Å². The Morgan fingerprint density at radius 2 is 1.84 bits per heavy atom. The lowest BCUT2D eigenvalue weighted by molar-refractivity contribution is -0.137. The third-order valence-electron chi connectivity index (χ3n) is 4.58. The number of nitrogen functional groups attached to an aromatic ring is 1. The molecule has 2 N–H and O–H groups in total. The number of nitrogens with zero attached hydrogens (tertiary/aromatic N) is 2. The van der Waals surface area contributed by atoms with Gasteiger partial charge in [0.15, 0.2) is 6.26 Å². The highest BCUT2D eigenvalue weighted by atomic mass is 19.4. The van der Waals surface area contributed by atoms with Crippen LogP contribution in [0.5, 0.6) is 5.88 Å². The van der Waals surface area contributed by atoms with Crippen molar-refractivity contribution in [1.29, 1.82) is 0 Å². The van der Waals surface area contributed by atoms with Crippen LogP contribution in [0.2, 0.25) is 0 Å². The van der Waals surface area contributed by atoms with Crippen LogP contribution in [0, 0.1) is 12.7 Å². The van der Waals surface area contributed by atoms with E-state index >= 15 is 0 Å². The molecule has 1 aliphatic rings. The lowest BCUT2D eigenvalue weighted by Crippen LogP contribution is -2.14. The average Bonchev–Trinajstić information content (AvgIpc) is 3.17. The van der Waals surface area contributed by atoms with Crippen molar-refractivity contribution in [2.24, 2.45) is 0 Å². The van der Waals surface area contributed by atoms with Crippen molar-refractivity contribution >= 4 is 5.69 Å². The van der Waals surface area contributed by atoms with Crippen LogP contribution in [0.25, 0.3) is 11.3 Å². The number of aryl methyl sites for hydroxylation is 1. The zero-order chi connectivity index (χ0) is 22.9. The number of hydrogen-bond donors (Lipinski definition) is 1. The van der Waals surface area contributed by atoms with Crippen molar-refractivity contribution in [3.63, 3.8) is 0 Å². The number of aromatic nitrogens is 2. The molecule has 0 saturated carbocycles. The quantitative estimate of drug-likeness (QED) is 0.556. The van der Waals surface area contributed by atoms with Crippen molar-refractivity contribution in [1.82, 2.24) is 9.97 Å². The Morgan fingerprint density at radius 1 is 1.09 bits per heavy atom. The van der Waals surface area contributed by atoms with Gasteiger partial charge in [-0.25, -0.2) is 9.37 Å². The van der Waals surface area contributed by atoms with Gasteiger partial charge in [-0.3, -0.25) is 0 Å². The summed E-state index contributed by atoms with van der Waals surface area (Å²) < 4.78 is 69.6. The Bertz CT molecular complexity index is 1170. The molecule has 166 valence electrons. The van der Waals surface area contributed by atoms with Gasteiger partial charge >= 0.3 is 12.1 Å². The normalized spacial score (nSPS) is 15.7. The number of halogens is 4. The highest BCUT2D eigenvalue weighted by Crippen LogP contribution is 2.36. The third-order valence-corrected chi connectivity index (χ3v) is 4.58. The first-order valence-corrected chi connectivity index (χ1v) is 9.46. The fraction of sp³-hybridized carbons (Fsp3) is 0.182. The average molecular weight is 447 g/mol. The fourth-order valence-corrected chi connectivity index (χ4v) is 3.08. The first kappa shape index (κ1) is 21.4. The van der Waals surface area contributed by atoms with E-state index in [0.29, 0.717) is 12.5 Å². The molecule has 0 amide bonds. The van der Waals surface area contributed by atoms with Crippen LogP contribution in [-0.2, 0) is 22.1 Å². The maximum Gasteiger partial charge on any atom is 0.416 e. The summed E-state index contributed by atoms with van der Waals surface area (Å²) >= 11 is 0. The van der Waals surface area contributed by atoms with Gasteiger partial charge in [0, 0.05) is 12.0 Å². The van der Waals surface area contributed by atoms with Gasteiger partial charge in [0.25, 0.3) is 0 Å². The zero-order valence-corrected chi connectivity index (χ0v) is 16.7. The molecule has 1 aliphatic heterocycles. The minimum atomic E-state index is -4.68. The van der Waals surface area contributed by atoms with E-state index < -0.39 is 23.8 Å². The van der Waals surface area contributed by atoms with Gasteiger partial charge in [0.1, 0.15) is 23.0 Å². The molecular formula is C22H17F4N3O3. The van der Waals surface area contributed by atoms with Crippen LogP contribution in [-0.4, -0.2) is 16.3 Å². The van der Waals surface area contributed by atoms with Crippen molar-refractivity contribution in [2.75, 3.05) is 5.73 Å². The minimum absolute atomic E-state index is 0.0189. The largest absolute Gasteiger partial charge is 0.455 e. The van der Waals surface area contributed by atoms with Gasteiger partial charge < -0.3 is 19.9 Å². The van der Waals surface area contributed by atoms with Gasteiger partial charge in [-0.2, -0.15) is 18.2 Å². The summed E-state index contributed by atoms with van der Waals surface area (Å²) in [5.74, 6) is -1.11. The number of benzene rings is 2. The van der Waals surface area contributed by atoms with E-state index in [4.69, 9.17) is 19.9 Å². The predicted octanol–water partition coefficient (Wildman–Crippen LogP) is 4.99. The van der Waals surface area contributed by atoms with Gasteiger partial charge in [-0.15, -0.1) is 0 Å². The smallest absolute Gasteiger partial charge is 0.416 e. The van der Waals surface area contributed by atoms with E-state index in [2.05, 4.69) is 9.97 Å². The monoisotopic (exact) mass is 447 g/mol. The first-order chi connectivity index (χ1) is 15.2. The molecule has 1 atom stereocenters. The second-order valence-corrected chi connectivity index (χ2v) is 6.94. The Hall–Kier alpha value is -3.82. The Labute approximate surface area is 180 Å². The molecular weight excluding hydrogens is 430 g/mol. The van der Waals surface area contributed by atoms with Crippen LogP contribution in [0.1, 0.15) is 17.0 Å². The van der Waals surface area contributed by atoms with Crippen molar-refractivity contribution < 1.29 is 31.8 Å². The standard InChI is InChI=1S/C22H17F4N3O3/c1-12-28-20(15-8-7-14(10-16(15)23)22(24,25)26)19(27)21(29-12)32-18-11-30-17(31-18)9-13-5-3-2-4-6-13/h2-8,10-11,17H,9,27H2,1H3. The second-order valence-electron chi connectivity index (χ2n) is 6.94. The van der Waals surface area contributed by atoms with E-state index in [1.807, 2.05) is 30.3 Å². The van der Waals surface area contributed by atoms with E-state index in [0.717, 1.165) is 17.7 Å². The summed E-state index contributed by atoms with van der Waals surface area (Å²) in [5.41, 5.74) is 5.44. The lowest BCUT2D eigenvalue weighted by Gasteiger charge is -2.14. The van der Waals surface area contributed by atoms with E-state index in [-0.39, 0.29) is 34.6 Å². The topological polar surface area (TPSA) is 79.5 Å². The minimum Gasteiger partial charge on any atom is -0.455 e. The SMILES string of the molecule is Cc1nc(OC2=COC(Cc3ccccc3)O2)c(N)c(-c2ccc(C(F)(F)F)cc2F)n1. The number of rotatable bonds is 5. The molecule has 2 aromatic carbocycles. The van der Waals surface area contributed by atoms with Crippen LogP contribution in [0.15, 0.2) is 60.7 Å². The summed E-state index contributed by atoms with van der Waals surface area (Å²) in [6.07, 6.45) is -3.58. The lowest BCUT2D eigenvalue weighted by atomic mass is 10.1. The zero-order valence-electron chi connectivity index (χ0n) is 16.7. The molecule has 0 fully saturated rings. The number of hydrogen-bond acceptors (Lipinski definition) is 6. The Morgan fingerprint density at radius 3 is 2.53 bits per heavy atom. The molecule has 3 aromatic rings. The molecule has 1 aromatic heterocycles. The number of alkyl halides is 3. The molecule has 10 heteroatoms. The van der Waals surface area contributed by atoms with Crippen molar-refractivity contribution in [3.05, 3.63) is 83.5 Å². The molecule has 0 saturated heterocycles. The molecule has 0 spiro atoms. The van der Waals surface area contributed by atoms with Crippen LogP contribution < -0.4 is 10.5 Å². The third kappa shape index (κ3) is 4.58. The highest BCUT2D eigenvalue weighted by molar-refractivity contribution is 5.76. The molecule has 0 aliphatic carbocycles. The first-order valence-electron chi connectivity index (χ1n) is 9.46. The predicted molar refractivity (Wildman–Crippen MR) is 106 cm³/mol. The fourth-order valence-electron chi connectivity index (χ4n) is 3.08. The van der Waals surface area contributed by atoms with Crippen LogP contribution in [0.3, 0.4) is 0 Å². The second kappa shape index (κ2) is 8.37.